The Morgan fingerprint density at radius 3 is 2.63 bits per heavy atom. The van der Waals surface area contributed by atoms with Crippen molar-refractivity contribution in [3.8, 4) is 0 Å². The van der Waals surface area contributed by atoms with Crippen LogP contribution in [-0.4, -0.2) is 35.4 Å². The maximum atomic E-state index is 12.7. The zero-order valence-corrected chi connectivity index (χ0v) is 15.9. The number of nitro groups is 1. The highest BCUT2D eigenvalue weighted by molar-refractivity contribution is 6.30. The summed E-state index contributed by atoms with van der Waals surface area (Å²) in [6.45, 7) is 3.97. The third kappa shape index (κ3) is 4.46. The summed E-state index contributed by atoms with van der Waals surface area (Å²) in [7, 11) is 0. The lowest BCUT2D eigenvalue weighted by Gasteiger charge is -2.28. The number of nitrogens with one attached hydrogen (secondary N) is 1. The van der Waals surface area contributed by atoms with E-state index < -0.39 is 4.92 Å². The van der Waals surface area contributed by atoms with Gasteiger partial charge in [-0.05, 0) is 56.6 Å². The zero-order valence-electron chi connectivity index (χ0n) is 15.2. The highest BCUT2D eigenvalue weighted by atomic mass is 35.5. The van der Waals surface area contributed by atoms with Crippen LogP contribution in [0.25, 0.3) is 0 Å². The van der Waals surface area contributed by atoms with Crippen LogP contribution in [0.3, 0.4) is 0 Å². The molecular weight excluding hydrogens is 366 g/mol. The Labute approximate surface area is 163 Å². The van der Waals surface area contributed by atoms with E-state index in [-0.39, 0.29) is 17.6 Å². The van der Waals surface area contributed by atoms with Gasteiger partial charge in [-0.1, -0.05) is 29.8 Å². The molecule has 142 valence electrons. The maximum absolute atomic E-state index is 12.7. The van der Waals surface area contributed by atoms with Crippen molar-refractivity contribution in [1.82, 2.24) is 10.2 Å². The van der Waals surface area contributed by atoms with Crippen LogP contribution in [0.2, 0.25) is 5.02 Å². The number of rotatable bonds is 6. The smallest absolute Gasteiger partial charge is 0.273 e. The first-order valence-corrected chi connectivity index (χ1v) is 9.37. The van der Waals surface area contributed by atoms with E-state index in [0.717, 1.165) is 31.5 Å². The van der Waals surface area contributed by atoms with Crippen molar-refractivity contribution in [2.45, 2.75) is 25.8 Å². The van der Waals surface area contributed by atoms with Gasteiger partial charge in [0.2, 0.25) is 0 Å². The Hall–Kier alpha value is -2.44. The van der Waals surface area contributed by atoms with Gasteiger partial charge in [-0.2, -0.15) is 0 Å². The third-order valence-corrected chi connectivity index (χ3v) is 5.25. The highest BCUT2D eigenvalue weighted by Gasteiger charge is 2.25. The van der Waals surface area contributed by atoms with Crippen LogP contribution in [0, 0.1) is 17.0 Å². The van der Waals surface area contributed by atoms with Crippen molar-refractivity contribution in [3.63, 3.8) is 0 Å². The molecule has 0 aromatic heterocycles. The summed E-state index contributed by atoms with van der Waals surface area (Å²) >= 11 is 6.15. The molecule has 0 aliphatic carbocycles. The number of hydrogen-bond acceptors (Lipinski definition) is 4. The molecule has 0 radical (unpaired) electrons. The molecule has 1 saturated heterocycles. The van der Waals surface area contributed by atoms with E-state index >= 15 is 0 Å². The van der Waals surface area contributed by atoms with E-state index in [1.807, 2.05) is 24.3 Å². The summed E-state index contributed by atoms with van der Waals surface area (Å²) < 4.78 is 0. The molecule has 0 bridgehead atoms. The molecule has 0 saturated carbocycles. The topological polar surface area (TPSA) is 75.5 Å². The number of amides is 1. The van der Waals surface area contributed by atoms with Crippen molar-refractivity contribution in [3.05, 3.63) is 74.3 Å². The summed E-state index contributed by atoms with van der Waals surface area (Å²) in [5.74, 6) is -0.303. The molecule has 1 aliphatic rings. The van der Waals surface area contributed by atoms with Gasteiger partial charge in [0.1, 0.15) is 0 Å². The fourth-order valence-corrected chi connectivity index (χ4v) is 3.78. The van der Waals surface area contributed by atoms with Gasteiger partial charge in [0.15, 0.2) is 0 Å². The fraction of sp³-hybridized carbons (Fsp3) is 0.350. The number of halogens is 1. The molecule has 6 nitrogen and oxygen atoms in total. The molecule has 1 heterocycles. The van der Waals surface area contributed by atoms with Gasteiger partial charge in [0.05, 0.1) is 11.0 Å². The molecule has 1 aliphatic heterocycles. The summed E-state index contributed by atoms with van der Waals surface area (Å²) in [5, 5.41) is 14.7. The minimum atomic E-state index is -0.467. The van der Waals surface area contributed by atoms with E-state index in [1.54, 1.807) is 13.0 Å². The first kappa shape index (κ1) is 19.3. The van der Waals surface area contributed by atoms with Gasteiger partial charge in [0, 0.05) is 28.8 Å². The first-order valence-electron chi connectivity index (χ1n) is 8.99. The lowest BCUT2D eigenvalue weighted by Crippen LogP contribution is -2.37. The van der Waals surface area contributed by atoms with Crippen molar-refractivity contribution < 1.29 is 9.72 Å². The third-order valence-electron chi connectivity index (χ3n) is 5.02. The molecule has 1 amide bonds. The number of benzene rings is 2. The molecule has 2 aromatic carbocycles. The van der Waals surface area contributed by atoms with Crippen LogP contribution in [-0.2, 0) is 0 Å². The van der Waals surface area contributed by atoms with E-state index in [4.69, 9.17) is 11.6 Å². The van der Waals surface area contributed by atoms with Crippen LogP contribution in [0.1, 0.15) is 40.4 Å². The van der Waals surface area contributed by atoms with Crippen molar-refractivity contribution in [2.24, 2.45) is 0 Å². The molecule has 1 fully saturated rings. The number of nitro benzene ring substituents is 1. The lowest BCUT2D eigenvalue weighted by molar-refractivity contribution is -0.385. The van der Waals surface area contributed by atoms with Crippen LogP contribution < -0.4 is 5.32 Å². The van der Waals surface area contributed by atoms with Crippen molar-refractivity contribution >= 4 is 23.2 Å². The second-order valence-corrected chi connectivity index (χ2v) is 7.17. The molecule has 7 heteroatoms. The summed E-state index contributed by atoms with van der Waals surface area (Å²) in [4.78, 5) is 25.7. The van der Waals surface area contributed by atoms with Crippen molar-refractivity contribution in [2.75, 3.05) is 19.6 Å². The van der Waals surface area contributed by atoms with Gasteiger partial charge in [-0.25, -0.2) is 0 Å². The summed E-state index contributed by atoms with van der Waals surface area (Å²) in [5.41, 5.74) is 1.71. The average Bonchev–Trinajstić information content (AvgIpc) is 3.16. The Morgan fingerprint density at radius 2 is 1.96 bits per heavy atom. The van der Waals surface area contributed by atoms with Crippen LogP contribution >= 0.6 is 11.6 Å². The Morgan fingerprint density at radius 1 is 1.26 bits per heavy atom. The minimum absolute atomic E-state index is 0.0224. The minimum Gasteiger partial charge on any atom is -0.350 e. The highest BCUT2D eigenvalue weighted by Crippen LogP contribution is 2.27. The molecule has 27 heavy (non-hydrogen) atoms. The molecule has 0 spiro atoms. The standard InChI is InChI=1S/C20H22ClN3O3/c1-14-17(8-5-9-18(14)24(26)27)20(25)22-13-19(23-10-2-3-11-23)15-6-4-7-16(21)12-15/h4-9,12,19H,2-3,10-11,13H2,1H3,(H,22,25). The SMILES string of the molecule is Cc1c(C(=O)NCC(c2cccc(Cl)c2)N2CCCC2)cccc1[N+](=O)[O-]. The zero-order chi connectivity index (χ0) is 19.4. The number of hydrogen-bond donors (Lipinski definition) is 1. The number of likely N-dealkylation sites (tertiary alicyclic amines) is 1. The number of nitrogens with zero attached hydrogens (tertiary/aromatic N) is 2. The molecule has 1 unspecified atom stereocenters. The summed E-state index contributed by atoms with van der Waals surface area (Å²) in [6, 6.07) is 12.3. The normalized spacial score (nSPS) is 15.5. The lowest BCUT2D eigenvalue weighted by atomic mass is 10.0. The molecule has 3 rings (SSSR count). The largest absolute Gasteiger partial charge is 0.350 e. The Kier molecular flexibility index (Phi) is 6.08. The first-order chi connectivity index (χ1) is 13.0. The average molecular weight is 388 g/mol. The van der Waals surface area contributed by atoms with Gasteiger partial charge >= 0.3 is 0 Å². The predicted molar refractivity (Wildman–Crippen MR) is 105 cm³/mol. The molecule has 1 N–H and O–H groups in total. The van der Waals surface area contributed by atoms with E-state index in [2.05, 4.69) is 10.2 Å². The summed E-state index contributed by atoms with van der Waals surface area (Å²) in [6.07, 6.45) is 2.27. The van der Waals surface area contributed by atoms with Gasteiger partial charge in [0.25, 0.3) is 11.6 Å². The maximum Gasteiger partial charge on any atom is 0.273 e. The molecule has 2 aromatic rings. The number of carbonyl (C=O) groups is 1. The van der Waals surface area contributed by atoms with Crippen LogP contribution in [0.4, 0.5) is 5.69 Å². The van der Waals surface area contributed by atoms with Gasteiger partial charge in [-0.3, -0.25) is 19.8 Å². The van der Waals surface area contributed by atoms with E-state index in [1.165, 1.54) is 12.1 Å². The second-order valence-electron chi connectivity index (χ2n) is 6.73. The predicted octanol–water partition coefficient (Wildman–Crippen LogP) is 4.12. The van der Waals surface area contributed by atoms with Crippen molar-refractivity contribution in [1.29, 1.82) is 0 Å². The molecule has 1 atom stereocenters. The number of carbonyl (C=O) groups excluding carboxylic acids is 1. The van der Waals surface area contributed by atoms with Crippen LogP contribution in [0.5, 0.6) is 0 Å². The monoisotopic (exact) mass is 387 g/mol. The fourth-order valence-electron chi connectivity index (χ4n) is 3.58. The second kappa shape index (κ2) is 8.50. The molecular formula is C20H22ClN3O3. The van der Waals surface area contributed by atoms with E-state index in [9.17, 15) is 14.9 Å². The van der Waals surface area contributed by atoms with Gasteiger partial charge < -0.3 is 5.32 Å². The Balaban J connectivity index is 1.78. The Bertz CT molecular complexity index is 850. The van der Waals surface area contributed by atoms with Gasteiger partial charge in [-0.15, -0.1) is 0 Å². The van der Waals surface area contributed by atoms with Crippen LogP contribution in [0.15, 0.2) is 42.5 Å². The van der Waals surface area contributed by atoms with E-state index in [0.29, 0.717) is 22.7 Å². The quantitative estimate of drug-likeness (QED) is 0.597.